The first-order valence-corrected chi connectivity index (χ1v) is 8.46. The highest BCUT2D eigenvalue weighted by Gasteiger charge is 2.33. The molecule has 1 aromatic carbocycles. The molecule has 21 heavy (non-hydrogen) atoms. The van der Waals surface area contributed by atoms with Gasteiger partial charge in [0.05, 0.1) is 7.11 Å². The van der Waals surface area contributed by atoms with E-state index in [0.717, 1.165) is 35.3 Å². The van der Waals surface area contributed by atoms with Crippen molar-refractivity contribution in [1.82, 2.24) is 5.32 Å². The summed E-state index contributed by atoms with van der Waals surface area (Å²) >= 11 is 6.30. The Balaban J connectivity index is 1.97. The largest absolute Gasteiger partial charge is 0.496 e. The summed E-state index contributed by atoms with van der Waals surface area (Å²) in [5, 5.41) is 4.42. The molecule has 118 valence electrons. The predicted molar refractivity (Wildman–Crippen MR) is 90.1 cm³/mol. The van der Waals surface area contributed by atoms with Crippen LogP contribution in [-0.4, -0.2) is 13.7 Å². The van der Waals surface area contributed by atoms with Gasteiger partial charge in [-0.05, 0) is 42.7 Å². The monoisotopic (exact) mass is 309 g/mol. The molecule has 0 amide bonds. The minimum atomic E-state index is 0.489. The van der Waals surface area contributed by atoms with Crippen LogP contribution in [0.1, 0.15) is 51.5 Å². The second kappa shape index (κ2) is 7.51. The van der Waals surface area contributed by atoms with Gasteiger partial charge in [-0.1, -0.05) is 44.4 Å². The SMILES string of the molecule is COc1cccc(Cl)c1CNCC1(CC(C)C)CCCC1. The summed E-state index contributed by atoms with van der Waals surface area (Å²) in [7, 11) is 1.70. The van der Waals surface area contributed by atoms with Crippen molar-refractivity contribution in [3.8, 4) is 5.75 Å². The highest BCUT2D eigenvalue weighted by atomic mass is 35.5. The van der Waals surface area contributed by atoms with Crippen molar-refractivity contribution in [1.29, 1.82) is 0 Å². The Morgan fingerprint density at radius 1 is 1.29 bits per heavy atom. The number of benzene rings is 1. The number of rotatable bonds is 7. The molecule has 0 radical (unpaired) electrons. The van der Waals surface area contributed by atoms with E-state index in [4.69, 9.17) is 16.3 Å². The molecule has 1 aliphatic rings. The van der Waals surface area contributed by atoms with E-state index in [0.29, 0.717) is 5.41 Å². The molecule has 3 heteroatoms. The summed E-state index contributed by atoms with van der Waals surface area (Å²) in [5.41, 5.74) is 1.56. The number of hydrogen-bond donors (Lipinski definition) is 1. The van der Waals surface area contributed by atoms with E-state index >= 15 is 0 Å². The molecule has 0 atom stereocenters. The zero-order chi connectivity index (χ0) is 15.3. The van der Waals surface area contributed by atoms with Crippen LogP contribution in [0.5, 0.6) is 5.75 Å². The van der Waals surface area contributed by atoms with Crippen LogP contribution in [-0.2, 0) is 6.54 Å². The number of nitrogens with one attached hydrogen (secondary N) is 1. The van der Waals surface area contributed by atoms with E-state index < -0.39 is 0 Å². The highest BCUT2D eigenvalue weighted by molar-refractivity contribution is 6.31. The predicted octanol–water partition coefficient (Wildman–Crippen LogP) is 5.04. The summed E-state index contributed by atoms with van der Waals surface area (Å²) in [4.78, 5) is 0. The minimum absolute atomic E-state index is 0.489. The molecule has 1 aliphatic carbocycles. The lowest BCUT2D eigenvalue weighted by atomic mass is 9.78. The molecular weight excluding hydrogens is 282 g/mol. The van der Waals surface area contributed by atoms with Gasteiger partial charge in [0, 0.05) is 23.7 Å². The fourth-order valence-electron chi connectivity index (χ4n) is 3.80. The molecule has 0 saturated heterocycles. The molecule has 1 N–H and O–H groups in total. The molecule has 0 aromatic heterocycles. The van der Waals surface area contributed by atoms with Crippen molar-refractivity contribution in [2.75, 3.05) is 13.7 Å². The third kappa shape index (κ3) is 4.37. The highest BCUT2D eigenvalue weighted by Crippen LogP contribution is 2.42. The average molecular weight is 310 g/mol. The van der Waals surface area contributed by atoms with Crippen molar-refractivity contribution in [2.45, 2.75) is 52.5 Å². The zero-order valence-electron chi connectivity index (χ0n) is 13.5. The Morgan fingerprint density at radius 3 is 2.62 bits per heavy atom. The maximum Gasteiger partial charge on any atom is 0.124 e. The Labute approximate surface area is 134 Å². The fraction of sp³-hybridized carbons (Fsp3) is 0.667. The summed E-state index contributed by atoms with van der Waals surface area (Å²) < 4.78 is 5.41. The normalized spacial score (nSPS) is 17.4. The topological polar surface area (TPSA) is 21.3 Å². The quantitative estimate of drug-likeness (QED) is 0.761. The van der Waals surface area contributed by atoms with Crippen LogP contribution >= 0.6 is 11.6 Å². The van der Waals surface area contributed by atoms with Gasteiger partial charge >= 0.3 is 0 Å². The fourth-order valence-corrected chi connectivity index (χ4v) is 4.03. The van der Waals surface area contributed by atoms with Gasteiger partial charge in [-0.15, -0.1) is 0 Å². The Morgan fingerprint density at radius 2 is 2.00 bits per heavy atom. The van der Waals surface area contributed by atoms with Crippen LogP contribution in [0.3, 0.4) is 0 Å². The van der Waals surface area contributed by atoms with Crippen molar-refractivity contribution in [3.05, 3.63) is 28.8 Å². The Hall–Kier alpha value is -0.730. The molecule has 1 fully saturated rings. The van der Waals surface area contributed by atoms with Crippen molar-refractivity contribution in [2.24, 2.45) is 11.3 Å². The van der Waals surface area contributed by atoms with Gasteiger partial charge in [0.1, 0.15) is 5.75 Å². The van der Waals surface area contributed by atoms with E-state index in [1.165, 1.54) is 32.1 Å². The molecule has 0 spiro atoms. The smallest absolute Gasteiger partial charge is 0.124 e. The Bertz CT molecular complexity index is 453. The zero-order valence-corrected chi connectivity index (χ0v) is 14.3. The molecule has 1 saturated carbocycles. The van der Waals surface area contributed by atoms with E-state index in [1.54, 1.807) is 7.11 Å². The van der Waals surface area contributed by atoms with Gasteiger partial charge in [0.2, 0.25) is 0 Å². The summed E-state index contributed by atoms with van der Waals surface area (Å²) in [6.07, 6.45) is 6.79. The maximum atomic E-state index is 6.30. The number of ether oxygens (including phenoxy) is 1. The molecule has 2 nitrogen and oxygen atoms in total. The standard InChI is InChI=1S/C18H28ClNO/c1-14(2)11-18(9-4-5-10-18)13-20-12-15-16(19)7-6-8-17(15)21-3/h6-8,14,20H,4-5,9-13H2,1-3H3. The van der Waals surface area contributed by atoms with Gasteiger partial charge in [0.15, 0.2) is 0 Å². The summed E-state index contributed by atoms with van der Waals surface area (Å²) in [6, 6.07) is 5.84. The first kappa shape index (κ1) is 16.6. The number of hydrogen-bond acceptors (Lipinski definition) is 2. The van der Waals surface area contributed by atoms with Gasteiger partial charge in [-0.25, -0.2) is 0 Å². The van der Waals surface area contributed by atoms with Crippen LogP contribution in [0.4, 0.5) is 0 Å². The van der Waals surface area contributed by atoms with Crippen molar-refractivity contribution < 1.29 is 4.74 Å². The van der Waals surface area contributed by atoms with Crippen molar-refractivity contribution >= 4 is 11.6 Å². The van der Waals surface area contributed by atoms with E-state index in [9.17, 15) is 0 Å². The summed E-state index contributed by atoms with van der Waals surface area (Å²) in [6.45, 7) is 6.52. The molecule has 1 aromatic rings. The van der Waals surface area contributed by atoms with E-state index in [1.807, 2.05) is 18.2 Å². The van der Waals surface area contributed by atoms with Crippen LogP contribution in [0, 0.1) is 11.3 Å². The van der Waals surface area contributed by atoms with Crippen molar-refractivity contribution in [3.63, 3.8) is 0 Å². The van der Waals surface area contributed by atoms with Crippen LogP contribution < -0.4 is 10.1 Å². The molecule has 0 unspecified atom stereocenters. The van der Waals surface area contributed by atoms with Gasteiger partial charge in [0.25, 0.3) is 0 Å². The van der Waals surface area contributed by atoms with E-state index in [-0.39, 0.29) is 0 Å². The molecule has 0 aliphatic heterocycles. The summed E-state index contributed by atoms with van der Waals surface area (Å²) in [5.74, 6) is 1.64. The lowest BCUT2D eigenvalue weighted by Crippen LogP contribution is -2.33. The first-order chi connectivity index (χ1) is 10.1. The molecule has 0 bridgehead atoms. The van der Waals surface area contributed by atoms with Gasteiger partial charge in [-0.2, -0.15) is 0 Å². The van der Waals surface area contributed by atoms with E-state index in [2.05, 4.69) is 19.2 Å². The number of halogens is 1. The third-order valence-electron chi connectivity index (χ3n) is 4.60. The third-order valence-corrected chi connectivity index (χ3v) is 4.96. The molecular formula is C18H28ClNO. The lowest BCUT2D eigenvalue weighted by molar-refractivity contribution is 0.223. The Kier molecular flexibility index (Phi) is 5.95. The van der Waals surface area contributed by atoms with Crippen LogP contribution in [0.2, 0.25) is 5.02 Å². The second-order valence-corrected chi connectivity index (χ2v) is 7.24. The molecule has 0 heterocycles. The first-order valence-electron chi connectivity index (χ1n) is 8.08. The van der Waals surface area contributed by atoms with Gasteiger partial charge in [-0.3, -0.25) is 0 Å². The lowest BCUT2D eigenvalue weighted by Gasteiger charge is -2.31. The van der Waals surface area contributed by atoms with Crippen LogP contribution in [0.25, 0.3) is 0 Å². The minimum Gasteiger partial charge on any atom is -0.496 e. The number of methoxy groups -OCH3 is 1. The molecule has 2 rings (SSSR count). The maximum absolute atomic E-state index is 6.30. The van der Waals surface area contributed by atoms with Gasteiger partial charge < -0.3 is 10.1 Å². The van der Waals surface area contributed by atoms with Crippen LogP contribution in [0.15, 0.2) is 18.2 Å². The second-order valence-electron chi connectivity index (χ2n) is 6.83. The average Bonchev–Trinajstić information content (AvgIpc) is 2.88.